The summed E-state index contributed by atoms with van der Waals surface area (Å²) in [5.41, 5.74) is 3.46. The lowest BCUT2D eigenvalue weighted by Gasteiger charge is -2.27. The molecule has 0 spiro atoms. The number of carbonyl (C=O) groups excluding carboxylic acids is 1. The highest BCUT2D eigenvalue weighted by Gasteiger charge is 2.19. The quantitative estimate of drug-likeness (QED) is 0.731. The van der Waals surface area contributed by atoms with Crippen LogP contribution in [0.5, 0.6) is 0 Å². The van der Waals surface area contributed by atoms with Crippen LogP contribution in [0, 0.1) is 19.3 Å². The molecule has 4 nitrogen and oxygen atoms in total. The smallest absolute Gasteiger partial charge is 0.318 e. The molecule has 0 saturated heterocycles. The molecule has 1 N–H and O–H groups in total. The number of hydrogen-bond donors (Lipinski definition) is 1. The number of urea groups is 1. The third-order valence-corrected chi connectivity index (χ3v) is 4.30. The second-order valence-electron chi connectivity index (χ2n) is 7.14. The molecule has 27 heavy (non-hydrogen) atoms. The molecule has 0 aromatic heterocycles. The topological polar surface area (TPSA) is 35.6 Å². The number of terminal acetylenes is 1. The summed E-state index contributed by atoms with van der Waals surface area (Å²) in [5, 5.41) is 3.16. The molecular formula is C23H29N3O. The third-order valence-electron chi connectivity index (χ3n) is 4.30. The van der Waals surface area contributed by atoms with Gasteiger partial charge in [-0.05, 0) is 38.6 Å². The summed E-state index contributed by atoms with van der Waals surface area (Å²) in [5.74, 6) is 2.60. The highest BCUT2D eigenvalue weighted by molar-refractivity contribution is 5.75. The fraction of sp³-hybridized carbons (Fsp3) is 0.348. The zero-order chi connectivity index (χ0) is 19.6. The first-order valence-electron chi connectivity index (χ1n) is 9.21. The lowest BCUT2D eigenvalue weighted by molar-refractivity contribution is 0.194. The first-order valence-corrected chi connectivity index (χ1v) is 9.21. The van der Waals surface area contributed by atoms with Gasteiger partial charge in [0.1, 0.15) is 0 Å². The van der Waals surface area contributed by atoms with E-state index in [1.54, 1.807) is 4.90 Å². The first kappa shape index (κ1) is 20.5. The molecule has 4 heteroatoms. The van der Waals surface area contributed by atoms with E-state index >= 15 is 0 Å². The maximum Gasteiger partial charge on any atom is 0.318 e. The average molecular weight is 364 g/mol. The van der Waals surface area contributed by atoms with E-state index in [1.165, 1.54) is 11.1 Å². The van der Waals surface area contributed by atoms with Crippen molar-refractivity contribution in [1.29, 1.82) is 0 Å². The number of likely N-dealkylation sites (N-methyl/N-ethyl adjacent to an activating group) is 1. The van der Waals surface area contributed by atoms with Gasteiger partial charge in [-0.3, -0.25) is 0 Å². The molecule has 0 bridgehead atoms. The van der Waals surface area contributed by atoms with Gasteiger partial charge in [-0.25, -0.2) is 4.79 Å². The third kappa shape index (κ3) is 7.16. The van der Waals surface area contributed by atoms with Gasteiger partial charge >= 0.3 is 6.03 Å². The van der Waals surface area contributed by atoms with Gasteiger partial charge in [-0.2, -0.15) is 0 Å². The van der Waals surface area contributed by atoms with Crippen molar-refractivity contribution in [3.8, 4) is 12.3 Å². The second-order valence-corrected chi connectivity index (χ2v) is 7.14. The van der Waals surface area contributed by atoms with Gasteiger partial charge in [-0.15, -0.1) is 6.42 Å². The van der Waals surface area contributed by atoms with Crippen LogP contribution in [0.4, 0.5) is 4.79 Å². The normalized spacial score (nSPS) is 11.7. The Morgan fingerprint density at radius 3 is 2.33 bits per heavy atom. The van der Waals surface area contributed by atoms with Gasteiger partial charge in [0.2, 0.25) is 0 Å². The Hall–Kier alpha value is -2.77. The van der Waals surface area contributed by atoms with Crippen molar-refractivity contribution in [2.45, 2.75) is 25.9 Å². The van der Waals surface area contributed by atoms with Crippen LogP contribution in [0.3, 0.4) is 0 Å². The van der Waals surface area contributed by atoms with Crippen molar-refractivity contribution in [3.63, 3.8) is 0 Å². The highest BCUT2D eigenvalue weighted by atomic mass is 16.2. The highest BCUT2D eigenvalue weighted by Crippen LogP contribution is 2.09. The van der Waals surface area contributed by atoms with Gasteiger partial charge in [0.25, 0.3) is 0 Å². The van der Waals surface area contributed by atoms with Crippen LogP contribution in [0.1, 0.15) is 16.7 Å². The molecule has 142 valence electrons. The maximum atomic E-state index is 12.9. The molecule has 0 fully saturated rings. The van der Waals surface area contributed by atoms with Crippen LogP contribution in [0.15, 0.2) is 54.6 Å². The summed E-state index contributed by atoms with van der Waals surface area (Å²) in [4.78, 5) is 16.6. The summed E-state index contributed by atoms with van der Waals surface area (Å²) in [6, 6.07) is 18.2. The molecule has 0 radical (unpaired) electrons. The van der Waals surface area contributed by atoms with Crippen molar-refractivity contribution in [3.05, 3.63) is 71.3 Å². The number of amides is 2. The van der Waals surface area contributed by atoms with Gasteiger partial charge in [0, 0.05) is 19.1 Å². The first-order chi connectivity index (χ1) is 13.0. The lowest BCUT2D eigenvalue weighted by atomic mass is 10.1. The van der Waals surface area contributed by atoms with E-state index < -0.39 is 0 Å². The summed E-state index contributed by atoms with van der Waals surface area (Å²) in [6.45, 7) is 3.58. The Kier molecular flexibility index (Phi) is 7.91. The Labute approximate surface area is 163 Å². The number of nitrogens with one attached hydrogen (secondary N) is 1. The number of aryl methyl sites for hydroxylation is 1. The Balaban J connectivity index is 2.06. The minimum Gasteiger partial charge on any atom is -0.334 e. The summed E-state index contributed by atoms with van der Waals surface area (Å²) < 4.78 is 0. The Morgan fingerprint density at radius 2 is 1.74 bits per heavy atom. The van der Waals surface area contributed by atoms with Gasteiger partial charge in [0.15, 0.2) is 0 Å². The van der Waals surface area contributed by atoms with Crippen molar-refractivity contribution < 1.29 is 4.79 Å². The van der Waals surface area contributed by atoms with Gasteiger partial charge in [0.05, 0.1) is 6.54 Å². The SMILES string of the molecule is C#CCN(Cc1ccc(C)cc1)C(=O)NC(Cc1ccccc1)CN(C)C. The maximum absolute atomic E-state index is 12.9. The molecule has 2 rings (SSSR count). The Bertz CT molecular complexity index is 747. The largest absolute Gasteiger partial charge is 0.334 e. The fourth-order valence-electron chi connectivity index (χ4n) is 2.99. The molecule has 0 heterocycles. The van der Waals surface area contributed by atoms with Crippen molar-refractivity contribution in [1.82, 2.24) is 15.1 Å². The predicted octanol–water partition coefficient (Wildman–Crippen LogP) is 3.31. The van der Waals surface area contributed by atoms with Gasteiger partial charge < -0.3 is 15.1 Å². The number of benzene rings is 2. The minimum absolute atomic E-state index is 0.00759. The van der Waals surface area contributed by atoms with Crippen LogP contribution >= 0.6 is 0 Å². The van der Waals surface area contributed by atoms with E-state index in [2.05, 4.69) is 28.3 Å². The van der Waals surface area contributed by atoms with Crippen LogP contribution in [0.25, 0.3) is 0 Å². The molecule has 2 aromatic rings. The van der Waals surface area contributed by atoms with Crippen LogP contribution < -0.4 is 5.32 Å². The van der Waals surface area contributed by atoms with Gasteiger partial charge in [-0.1, -0.05) is 66.1 Å². The van der Waals surface area contributed by atoms with Crippen molar-refractivity contribution in [2.75, 3.05) is 27.2 Å². The van der Waals surface area contributed by atoms with Crippen LogP contribution in [-0.2, 0) is 13.0 Å². The van der Waals surface area contributed by atoms with Crippen molar-refractivity contribution in [2.24, 2.45) is 0 Å². The zero-order valence-electron chi connectivity index (χ0n) is 16.5. The summed E-state index contributed by atoms with van der Waals surface area (Å²) in [7, 11) is 4.02. The lowest BCUT2D eigenvalue weighted by Crippen LogP contribution is -2.49. The molecule has 0 saturated carbocycles. The summed E-state index contributed by atoms with van der Waals surface area (Å²) >= 11 is 0. The van der Waals surface area contributed by atoms with E-state index in [9.17, 15) is 4.79 Å². The second kappa shape index (κ2) is 10.4. The van der Waals surface area contributed by atoms with Crippen molar-refractivity contribution >= 4 is 6.03 Å². The van der Waals surface area contributed by atoms with E-state index in [0.29, 0.717) is 6.54 Å². The Morgan fingerprint density at radius 1 is 1.07 bits per heavy atom. The van der Waals surface area contributed by atoms with E-state index in [4.69, 9.17) is 6.42 Å². The average Bonchev–Trinajstić information content (AvgIpc) is 2.63. The molecule has 2 aromatic carbocycles. The minimum atomic E-state index is -0.128. The molecule has 0 aliphatic carbocycles. The number of rotatable bonds is 8. The van der Waals surface area contributed by atoms with E-state index in [-0.39, 0.29) is 18.6 Å². The zero-order valence-corrected chi connectivity index (χ0v) is 16.5. The number of hydrogen-bond acceptors (Lipinski definition) is 2. The number of carbonyl (C=O) groups is 1. The number of nitrogens with zero attached hydrogens (tertiary/aromatic N) is 2. The summed E-state index contributed by atoms with van der Waals surface area (Å²) in [6.07, 6.45) is 6.28. The van der Waals surface area contributed by atoms with Crippen LogP contribution in [-0.4, -0.2) is 49.1 Å². The molecular weight excluding hydrogens is 334 g/mol. The molecule has 0 aliphatic rings. The predicted molar refractivity (Wildman–Crippen MR) is 111 cm³/mol. The molecule has 0 aliphatic heterocycles. The fourth-order valence-corrected chi connectivity index (χ4v) is 2.99. The van der Waals surface area contributed by atoms with Crippen LogP contribution in [0.2, 0.25) is 0 Å². The monoisotopic (exact) mass is 363 g/mol. The molecule has 1 atom stereocenters. The molecule has 1 unspecified atom stereocenters. The van der Waals surface area contributed by atoms with E-state index in [1.807, 2.05) is 63.5 Å². The molecule has 2 amide bonds. The standard InChI is InChI=1S/C23H29N3O/c1-5-15-26(17-21-13-11-19(2)12-14-21)23(27)24-22(18-25(3)4)16-20-9-7-6-8-10-20/h1,6-14,22H,15-18H2,2-4H3,(H,24,27). The van der Waals surface area contributed by atoms with E-state index in [0.717, 1.165) is 18.5 Å².